The van der Waals surface area contributed by atoms with Gasteiger partial charge in [0.1, 0.15) is 5.82 Å². The van der Waals surface area contributed by atoms with Crippen LogP contribution in [0.3, 0.4) is 0 Å². The Bertz CT molecular complexity index is 559. The highest BCUT2D eigenvalue weighted by Crippen LogP contribution is 2.28. The Morgan fingerprint density at radius 3 is 2.68 bits per heavy atom. The quantitative estimate of drug-likeness (QED) is 0.723. The summed E-state index contributed by atoms with van der Waals surface area (Å²) in [5, 5.41) is 0. The Morgan fingerprint density at radius 2 is 2.05 bits per heavy atom. The summed E-state index contributed by atoms with van der Waals surface area (Å²) < 4.78 is 2.38. The predicted molar refractivity (Wildman–Crippen MR) is 83.1 cm³/mol. The van der Waals surface area contributed by atoms with Crippen LogP contribution in [-0.4, -0.2) is 15.4 Å². The van der Waals surface area contributed by atoms with E-state index in [0.717, 1.165) is 17.8 Å². The van der Waals surface area contributed by atoms with Gasteiger partial charge < -0.3 is 4.57 Å². The molecule has 0 radical (unpaired) electrons. The first-order valence-electron chi connectivity index (χ1n) is 7.11. The molecule has 1 aromatic heterocycles. The van der Waals surface area contributed by atoms with E-state index in [1.165, 1.54) is 17.5 Å². The number of imidazole rings is 1. The van der Waals surface area contributed by atoms with Crippen molar-refractivity contribution < 1.29 is 0 Å². The van der Waals surface area contributed by atoms with Crippen molar-refractivity contribution in [1.29, 1.82) is 0 Å². The van der Waals surface area contributed by atoms with Gasteiger partial charge in [0.2, 0.25) is 0 Å². The van der Waals surface area contributed by atoms with Crippen molar-refractivity contribution in [1.82, 2.24) is 9.55 Å². The van der Waals surface area contributed by atoms with Gasteiger partial charge in [-0.25, -0.2) is 4.98 Å². The van der Waals surface area contributed by atoms with Crippen LogP contribution in [0.25, 0.3) is 11.0 Å². The van der Waals surface area contributed by atoms with E-state index in [0.29, 0.717) is 17.8 Å². The summed E-state index contributed by atoms with van der Waals surface area (Å²) in [5.74, 6) is 2.37. The molecule has 104 valence electrons. The molecular weight excluding hydrogens is 256 g/mol. The highest BCUT2D eigenvalue weighted by Gasteiger charge is 2.19. The maximum Gasteiger partial charge on any atom is 0.111 e. The molecule has 0 fully saturated rings. The highest BCUT2D eigenvalue weighted by atomic mass is 35.5. The molecule has 1 heterocycles. The molecule has 0 aliphatic rings. The van der Waals surface area contributed by atoms with Crippen molar-refractivity contribution in [3.05, 3.63) is 29.6 Å². The van der Waals surface area contributed by atoms with Gasteiger partial charge in [0, 0.05) is 18.3 Å². The summed E-state index contributed by atoms with van der Waals surface area (Å²) in [4.78, 5) is 4.78. The van der Waals surface area contributed by atoms with Gasteiger partial charge in [-0.1, -0.05) is 26.3 Å². The smallest absolute Gasteiger partial charge is 0.111 e. The summed E-state index contributed by atoms with van der Waals surface area (Å²) in [6.07, 6.45) is 2.00. The zero-order chi connectivity index (χ0) is 14.0. The van der Waals surface area contributed by atoms with E-state index in [1.807, 2.05) is 0 Å². The number of alkyl halides is 1. The Kier molecular flexibility index (Phi) is 4.51. The Morgan fingerprint density at radius 1 is 1.32 bits per heavy atom. The van der Waals surface area contributed by atoms with Crippen LogP contribution in [0.1, 0.15) is 44.6 Å². The lowest BCUT2D eigenvalue weighted by Gasteiger charge is -2.23. The number of halogens is 1. The first-order valence-corrected chi connectivity index (χ1v) is 7.65. The zero-order valence-electron chi connectivity index (χ0n) is 12.3. The van der Waals surface area contributed by atoms with Crippen molar-refractivity contribution >= 4 is 22.6 Å². The molecule has 1 aromatic carbocycles. The SMILES string of the molecule is CCC(C)C(C)n1c(CCCl)nc2cc(C)ccc21. The van der Waals surface area contributed by atoms with Crippen molar-refractivity contribution in [3.8, 4) is 0 Å². The number of aryl methyl sites for hydroxylation is 2. The second-order valence-corrected chi connectivity index (χ2v) is 5.83. The summed E-state index contributed by atoms with van der Waals surface area (Å²) >= 11 is 5.93. The number of hydrogen-bond acceptors (Lipinski definition) is 1. The molecule has 0 saturated heterocycles. The molecule has 0 amide bonds. The van der Waals surface area contributed by atoms with Gasteiger partial charge >= 0.3 is 0 Å². The van der Waals surface area contributed by atoms with Gasteiger partial charge in [-0.3, -0.25) is 0 Å². The first-order chi connectivity index (χ1) is 9.08. The monoisotopic (exact) mass is 278 g/mol. The van der Waals surface area contributed by atoms with Crippen LogP contribution in [0, 0.1) is 12.8 Å². The minimum Gasteiger partial charge on any atom is -0.325 e. The first kappa shape index (κ1) is 14.4. The molecule has 0 N–H and O–H groups in total. The predicted octanol–water partition coefficient (Wildman–Crippen LogP) is 4.73. The van der Waals surface area contributed by atoms with Gasteiger partial charge in [0.05, 0.1) is 11.0 Å². The van der Waals surface area contributed by atoms with Gasteiger partial charge in [0.15, 0.2) is 0 Å². The molecular formula is C16H23ClN2. The third kappa shape index (κ3) is 2.79. The van der Waals surface area contributed by atoms with Crippen molar-refractivity contribution in [2.24, 2.45) is 5.92 Å². The standard InChI is InChI=1S/C16H23ClN2/c1-5-12(3)13(4)19-15-7-6-11(2)10-14(15)18-16(19)8-9-17/h6-7,10,12-13H,5,8-9H2,1-4H3. The Balaban J connectivity index is 2.57. The zero-order valence-corrected chi connectivity index (χ0v) is 13.0. The van der Waals surface area contributed by atoms with E-state index in [1.54, 1.807) is 0 Å². The lowest BCUT2D eigenvalue weighted by molar-refractivity contribution is 0.369. The molecule has 0 aliphatic heterocycles. The van der Waals surface area contributed by atoms with E-state index in [4.69, 9.17) is 16.6 Å². The summed E-state index contributed by atoms with van der Waals surface area (Å²) in [6, 6.07) is 6.96. The van der Waals surface area contributed by atoms with Crippen molar-refractivity contribution in [2.75, 3.05) is 5.88 Å². The molecule has 0 spiro atoms. The van der Waals surface area contributed by atoms with Crippen LogP contribution in [0.5, 0.6) is 0 Å². The molecule has 2 rings (SSSR count). The molecule has 2 unspecified atom stereocenters. The number of fused-ring (bicyclic) bond motifs is 1. The number of rotatable bonds is 5. The minimum absolute atomic E-state index is 0.455. The molecule has 3 heteroatoms. The second kappa shape index (κ2) is 5.96. The number of hydrogen-bond donors (Lipinski definition) is 0. The van der Waals surface area contributed by atoms with Gasteiger partial charge in [0.25, 0.3) is 0 Å². The van der Waals surface area contributed by atoms with E-state index < -0.39 is 0 Å². The molecule has 19 heavy (non-hydrogen) atoms. The third-order valence-electron chi connectivity index (χ3n) is 4.11. The summed E-state index contributed by atoms with van der Waals surface area (Å²) in [5.41, 5.74) is 3.58. The molecule has 0 bridgehead atoms. The largest absolute Gasteiger partial charge is 0.325 e. The summed E-state index contributed by atoms with van der Waals surface area (Å²) in [7, 11) is 0. The van der Waals surface area contributed by atoms with Crippen molar-refractivity contribution in [2.45, 2.75) is 46.6 Å². The minimum atomic E-state index is 0.455. The third-order valence-corrected chi connectivity index (χ3v) is 4.30. The molecule has 2 atom stereocenters. The molecule has 0 saturated carbocycles. The number of benzene rings is 1. The maximum absolute atomic E-state index is 5.93. The van der Waals surface area contributed by atoms with E-state index in [9.17, 15) is 0 Å². The van der Waals surface area contributed by atoms with Crippen molar-refractivity contribution in [3.63, 3.8) is 0 Å². The normalized spacial score (nSPS) is 14.8. The molecule has 2 nitrogen and oxygen atoms in total. The fourth-order valence-corrected chi connectivity index (χ4v) is 2.74. The van der Waals surface area contributed by atoms with Crippen LogP contribution >= 0.6 is 11.6 Å². The molecule has 0 aliphatic carbocycles. The van der Waals surface area contributed by atoms with Gasteiger partial charge in [-0.05, 0) is 37.5 Å². The topological polar surface area (TPSA) is 17.8 Å². The van der Waals surface area contributed by atoms with Crippen LogP contribution in [0.15, 0.2) is 18.2 Å². The lowest BCUT2D eigenvalue weighted by Crippen LogP contribution is -2.16. The molecule has 2 aromatic rings. The fourth-order valence-electron chi connectivity index (χ4n) is 2.57. The van der Waals surface area contributed by atoms with E-state index >= 15 is 0 Å². The fraction of sp³-hybridized carbons (Fsp3) is 0.562. The maximum atomic E-state index is 5.93. The van der Waals surface area contributed by atoms with E-state index in [2.05, 4.69) is 50.5 Å². The van der Waals surface area contributed by atoms with Crippen LogP contribution < -0.4 is 0 Å². The lowest BCUT2D eigenvalue weighted by atomic mass is 10.00. The Labute approximate surface area is 120 Å². The van der Waals surface area contributed by atoms with Crippen LogP contribution in [0.2, 0.25) is 0 Å². The van der Waals surface area contributed by atoms with Gasteiger partial charge in [-0.15, -0.1) is 11.6 Å². The highest BCUT2D eigenvalue weighted by molar-refractivity contribution is 6.17. The van der Waals surface area contributed by atoms with Crippen LogP contribution in [-0.2, 0) is 6.42 Å². The summed E-state index contributed by atoms with van der Waals surface area (Å²) in [6.45, 7) is 8.94. The number of nitrogens with zero attached hydrogens (tertiary/aromatic N) is 2. The van der Waals surface area contributed by atoms with Gasteiger partial charge in [-0.2, -0.15) is 0 Å². The van der Waals surface area contributed by atoms with Crippen LogP contribution in [0.4, 0.5) is 0 Å². The van der Waals surface area contributed by atoms with E-state index in [-0.39, 0.29) is 0 Å². The average Bonchev–Trinajstić information content (AvgIpc) is 2.74. The second-order valence-electron chi connectivity index (χ2n) is 5.46. The number of aromatic nitrogens is 2. The Hall–Kier alpha value is -1.02. The average molecular weight is 279 g/mol.